The van der Waals surface area contributed by atoms with Crippen LogP contribution in [0.25, 0.3) is 0 Å². The standard InChI is InChI=1S/C16H15ClFNO2/c17-13-10-12(6-7-14(13)18)16(21)19-15(8-9-20)11-4-2-1-3-5-11/h1-7,10,15,20H,8-9H2,(H,19,21). The van der Waals surface area contributed by atoms with Crippen molar-refractivity contribution in [2.45, 2.75) is 12.5 Å². The van der Waals surface area contributed by atoms with E-state index in [4.69, 9.17) is 16.7 Å². The first-order valence-electron chi connectivity index (χ1n) is 6.53. The van der Waals surface area contributed by atoms with Crippen LogP contribution in [0.1, 0.15) is 28.4 Å². The molecule has 2 aromatic rings. The lowest BCUT2D eigenvalue weighted by molar-refractivity contribution is 0.0930. The fourth-order valence-electron chi connectivity index (χ4n) is 2.02. The van der Waals surface area contributed by atoms with Crippen LogP contribution in [0, 0.1) is 5.82 Å². The number of aliphatic hydroxyl groups is 1. The van der Waals surface area contributed by atoms with Crippen LogP contribution in [-0.2, 0) is 0 Å². The number of carbonyl (C=O) groups is 1. The van der Waals surface area contributed by atoms with Crippen molar-refractivity contribution in [2.24, 2.45) is 0 Å². The number of hydrogen-bond acceptors (Lipinski definition) is 2. The summed E-state index contributed by atoms with van der Waals surface area (Å²) in [6.07, 6.45) is 0.394. The maximum atomic E-state index is 13.1. The number of aliphatic hydroxyl groups excluding tert-OH is 1. The second kappa shape index (κ2) is 7.20. The molecule has 0 aromatic heterocycles. The van der Waals surface area contributed by atoms with E-state index >= 15 is 0 Å². The molecule has 0 aliphatic rings. The third-order valence-corrected chi connectivity index (χ3v) is 3.40. The normalized spacial score (nSPS) is 12.0. The van der Waals surface area contributed by atoms with Gasteiger partial charge in [-0.05, 0) is 30.2 Å². The lowest BCUT2D eigenvalue weighted by Crippen LogP contribution is -2.29. The van der Waals surface area contributed by atoms with Crippen LogP contribution in [0.5, 0.6) is 0 Å². The number of halogens is 2. The molecule has 0 spiro atoms. The van der Waals surface area contributed by atoms with Gasteiger partial charge in [-0.25, -0.2) is 4.39 Å². The molecule has 21 heavy (non-hydrogen) atoms. The zero-order valence-corrected chi connectivity index (χ0v) is 12.0. The van der Waals surface area contributed by atoms with Crippen LogP contribution in [0.15, 0.2) is 48.5 Å². The lowest BCUT2D eigenvalue weighted by atomic mass is 10.0. The van der Waals surface area contributed by atoms with Gasteiger partial charge in [-0.2, -0.15) is 0 Å². The Morgan fingerprint density at radius 1 is 1.24 bits per heavy atom. The van der Waals surface area contributed by atoms with Crippen LogP contribution in [0.2, 0.25) is 5.02 Å². The highest BCUT2D eigenvalue weighted by Crippen LogP contribution is 2.19. The molecule has 1 unspecified atom stereocenters. The Morgan fingerprint density at radius 3 is 2.57 bits per heavy atom. The third-order valence-electron chi connectivity index (χ3n) is 3.11. The number of amides is 1. The molecule has 0 aliphatic heterocycles. The molecule has 3 nitrogen and oxygen atoms in total. The van der Waals surface area contributed by atoms with E-state index < -0.39 is 5.82 Å². The van der Waals surface area contributed by atoms with Gasteiger partial charge in [0.2, 0.25) is 0 Å². The summed E-state index contributed by atoms with van der Waals surface area (Å²) < 4.78 is 13.1. The van der Waals surface area contributed by atoms with Crippen LogP contribution >= 0.6 is 11.6 Å². The Morgan fingerprint density at radius 2 is 1.95 bits per heavy atom. The molecule has 0 heterocycles. The summed E-state index contributed by atoms with van der Waals surface area (Å²) >= 11 is 5.68. The van der Waals surface area contributed by atoms with Gasteiger partial charge < -0.3 is 10.4 Å². The van der Waals surface area contributed by atoms with E-state index in [-0.39, 0.29) is 29.1 Å². The Labute approximate surface area is 127 Å². The van der Waals surface area contributed by atoms with Gasteiger partial charge in [-0.15, -0.1) is 0 Å². The van der Waals surface area contributed by atoms with E-state index in [1.807, 2.05) is 30.3 Å². The summed E-state index contributed by atoms with van der Waals surface area (Å²) in [6.45, 7) is -0.0516. The van der Waals surface area contributed by atoms with Crippen LogP contribution < -0.4 is 5.32 Å². The number of nitrogens with one attached hydrogen (secondary N) is 1. The van der Waals surface area contributed by atoms with Crippen molar-refractivity contribution in [3.8, 4) is 0 Å². The molecule has 0 fully saturated rings. The summed E-state index contributed by atoms with van der Waals surface area (Å²) in [7, 11) is 0. The summed E-state index contributed by atoms with van der Waals surface area (Å²) in [5.74, 6) is -0.928. The fourth-order valence-corrected chi connectivity index (χ4v) is 2.20. The summed E-state index contributed by atoms with van der Waals surface area (Å²) in [5, 5.41) is 11.9. The monoisotopic (exact) mass is 307 g/mol. The molecular formula is C16H15ClFNO2. The van der Waals surface area contributed by atoms with Crippen molar-refractivity contribution < 1.29 is 14.3 Å². The number of benzene rings is 2. The minimum Gasteiger partial charge on any atom is -0.396 e. The van der Waals surface area contributed by atoms with Gasteiger partial charge in [-0.1, -0.05) is 41.9 Å². The third kappa shape index (κ3) is 4.03. The zero-order chi connectivity index (χ0) is 15.2. The first-order valence-corrected chi connectivity index (χ1v) is 6.91. The second-order valence-corrected chi connectivity index (χ2v) is 4.99. The maximum Gasteiger partial charge on any atom is 0.251 e. The van der Waals surface area contributed by atoms with Crippen molar-refractivity contribution in [1.82, 2.24) is 5.32 Å². The van der Waals surface area contributed by atoms with Gasteiger partial charge in [0.15, 0.2) is 0 Å². The topological polar surface area (TPSA) is 49.3 Å². The number of rotatable bonds is 5. The highest BCUT2D eigenvalue weighted by Gasteiger charge is 2.16. The highest BCUT2D eigenvalue weighted by molar-refractivity contribution is 6.31. The second-order valence-electron chi connectivity index (χ2n) is 4.58. The van der Waals surface area contributed by atoms with Gasteiger partial charge in [0, 0.05) is 12.2 Å². The zero-order valence-electron chi connectivity index (χ0n) is 11.2. The predicted molar refractivity (Wildman–Crippen MR) is 79.8 cm³/mol. The Hall–Kier alpha value is -1.91. The largest absolute Gasteiger partial charge is 0.396 e. The Bertz CT molecular complexity index is 619. The van der Waals surface area contributed by atoms with Gasteiger partial charge in [0.05, 0.1) is 11.1 Å². The average molecular weight is 308 g/mol. The van der Waals surface area contributed by atoms with Gasteiger partial charge in [-0.3, -0.25) is 4.79 Å². The van der Waals surface area contributed by atoms with Crippen molar-refractivity contribution in [3.05, 3.63) is 70.5 Å². The fraction of sp³-hybridized carbons (Fsp3) is 0.188. The molecule has 1 amide bonds. The minimum absolute atomic E-state index is 0.0516. The van der Waals surface area contributed by atoms with Crippen LogP contribution in [0.3, 0.4) is 0 Å². The number of carbonyl (C=O) groups excluding carboxylic acids is 1. The molecule has 2 aromatic carbocycles. The molecule has 0 aliphatic carbocycles. The summed E-state index contributed by atoms with van der Waals surface area (Å²) in [5.41, 5.74) is 1.17. The summed E-state index contributed by atoms with van der Waals surface area (Å²) in [6, 6.07) is 12.8. The highest BCUT2D eigenvalue weighted by atomic mass is 35.5. The number of hydrogen-bond donors (Lipinski definition) is 2. The van der Waals surface area contributed by atoms with Gasteiger partial charge >= 0.3 is 0 Å². The first-order chi connectivity index (χ1) is 10.1. The minimum atomic E-state index is -0.566. The lowest BCUT2D eigenvalue weighted by Gasteiger charge is -2.18. The van der Waals surface area contributed by atoms with Crippen molar-refractivity contribution >= 4 is 17.5 Å². The quantitative estimate of drug-likeness (QED) is 0.890. The van der Waals surface area contributed by atoms with E-state index in [2.05, 4.69) is 5.32 Å². The van der Waals surface area contributed by atoms with Crippen molar-refractivity contribution in [1.29, 1.82) is 0 Å². The molecule has 0 saturated heterocycles. The van der Waals surface area contributed by atoms with E-state index in [9.17, 15) is 9.18 Å². The molecular weight excluding hydrogens is 293 g/mol. The molecule has 110 valence electrons. The van der Waals surface area contributed by atoms with E-state index in [0.29, 0.717) is 6.42 Å². The van der Waals surface area contributed by atoms with Gasteiger partial charge in [0.25, 0.3) is 5.91 Å². The Kier molecular flexibility index (Phi) is 5.31. The predicted octanol–water partition coefficient (Wildman–Crippen LogP) is 3.33. The molecule has 2 rings (SSSR count). The molecule has 0 bridgehead atoms. The molecule has 5 heteroatoms. The van der Waals surface area contributed by atoms with E-state index in [1.165, 1.54) is 12.1 Å². The summed E-state index contributed by atoms with van der Waals surface area (Å²) in [4.78, 5) is 12.2. The van der Waals surface area contributed by atoms with Crippen molar-refractivity contribution in [2.75, 3.05) is 6.61 Å². The molecule has 2 N–H and O–H groups in total. The van der Waals surface area contributed by atoms with E-state index in [0.717, 1.165) is 11.6 Å². The molecule has 0 saturated carbocycles. The first kappa shape index (κ1) is 15.5. The van der Waals surface area contributed by atoms with Gasteiger partial charge in [0.1, 0.15) is 5.82 Å². The smallest absolute Gasteiger partial charge is 0.251 e. The molecule has 0 radical (unpaired) electrons. The van der Waals surface area contributed by atoms with Crippen LogP contribution in [-0.4, -0.2) is 17.6 Å². The SMILES string of the molecule is O=C(NC(CCO)c1ccccc1)c1ccc(F)c(Cl)c1. The maximum absolute atomic E-state index is 13.1. The van der Waals surface area contributed by atoms with Crippen molar-refractivity contribution in [3.63, 3.8) is 0 Å². The Balaban J connectivity index is 2.16. The van der Waals surface area contributed by atoms with E-state index in [1.54, 1.807) is 0 Å². The average Bonchev–Trinajstić information content (AvgIpc) is 2.50. The van der Waals surface area contributed by atoms with Crippen LogP contribution in [0.4, 0.5) is 4.39 Å². The molecule has 1 atom stereocenters.